The van der Waals surface area contributed by atoms with Gasteiger partial charge >= 0.3 is 0 Å². The Morgan fingerprint density at radius 1 is 1.06 bits per heavy atom. The summed E-state index contributed by atoms with van der Waals surface area (Å²) in [5.41, 5.74) is -0.626. The van der Waals surface area contributed by atoms with Crippen molar-refractivity contribution in [1.82, 2.24) is 5.32 Å². The lowest BCUT2D eigenvalue weighted by Gasteiger charge is -2.33. The van der Waals surface area contributed by atoms with Crippen LogP contribution in [-0.2, 0) is 0 Å². The van der Waals surface area contributed by atoms with E-state index in [9.17, 15) is 5.11 Å². The van der Waals surface area contributed by atoms with E-state index in [0.29, 0.717) is 6.04 Å². The Morgan fingerprint density at radius 3 is 2.00 bits per heavy atom. The van der Waals surface area contributed by atoms with Crippen LogP contribution < -0.4 is 5.32 Å². The minimum Gasteiger partial charge on any atom is -0.389 e. The average Bonchev–Trinajstić information content (AvgIpc) is 2.43. The van der Waals surface area contributed by atoms with Crippen LogP contribution in [0.25, 0.3) is 0 Å². The summed E-state index contributed by atoms with van der Waals surface area (Å²) in [4.78, 5) is 0. The third-order valence-corrected chi connectivity index (χ3v) is 4.18. The van der Waals surface area contributed by atoms with E-state index in [1.165, 1.54) is 38.5 Å². The zero-order valence-corrected chi connectivity index (χ0v) is 11.4. The highest BCUT2D eigenvalue weighted by molar-refractivity contribution is 4.84. The summed E-state index contributed by atoms with van der Waals surface area (Å²) < 4.78 is 0. The highest BCUT2D eigenvalue weighted by atomic mass is 16.3. The molecule has 2 nitrogen and oxygen atoms in total. The molecule has 0 aromatic rings. The van der Waals surface area contributed by atoms with Gasteiger partial charge in [0, 0.05) is 12.1 Å². The van der Waals surface area contributed by atoms with Crippen molar-refractivity contribution in [3.63, 3.8) is 0 Å². The van der Waals surface area contributed by atoms with Crippen molar-refractivity contribution < 1.29 is 5.11 Å². The Labute approximate surface area is 101 Å². The van der Waals surface area contributed by atoms with Crippen LogP contribution in [-0.4, -0.2) is 22.8 Å². The normalized spacial score (nSPS) is 23.8. The summed E-state index contributed by atoms with van der Waals surface area (Å²) in [7, 11) is 0. The summed E-state index contributed by atoms with van der Waals surface area (Å²) in [6.45, 7) is 8.11. The second-order valence-corrected chi connectivity index (χ2v) is 6.08. The van der Waals surface area contributed by atoms with Gasteiger partial charge in [-0.15, -0.1) is 0 Å². The maximum atomic E-state index is 9.93. The number of hydrogen-bond donors (Lipinski definition) is 2. The molecule has 0 aromatic heterocycles. The Kier molecular flexibility index (Phi) is 5.26. The van der Waals surface area contributed by atoms with Gasteiger partial charge in [-0.2, -0.15) is 0 Å². The minimum absolute atomic E-state index is 0.158. The zero-order valence-electron chi connectivity index (χ0n) is 11.4. The van der Waals surface area contributed by atoms with E-state index in [4.69, 9.17) is 0 Å². The van der Waals surface area contributed by atoms with Gasteiger partial charge in [-0.1, -0.05) is 25.7 Å². The van der Waals surface area contributed by atoms with E-state index in [1.54, 1.807) is 0 Å². The number of hydrogen-bond acceptors (Lipinski definition) is 2. The minimum atomic E-state index is -0.626. The topological polar surface area (TPSA) is 32.3 Å². The molecule has 16 heavy (non-hydrogen) atoms. The highest BCUT2D eigenvalue weighted by Crippen LogP contribution is 2.26. The molecule has 0 radical (unpaired) electrons. The molecule has 96 valence electrons. The van der Waals surface area contributed by atoms with E-state index in [0.717, 1.165) is 5.92 Å². The van der Waals surface area contributed by atoms with Gasteiger partial charge in [-0.3, -0.25) is 0 Å². The van der Waals surface area contributed by atoms with E-state index < -0.39 is 5.60 Å². The van der Waals surface area contributed by atoms with Crippen LogP contribution in [0, 0.1) is 5.92 Å². The van der Waals surface area contributed by atoms with Crippen LogP contribution in [0.15, 0.2) is 0 Å². The maximum Gasteiger partial charge on any atom is 0.0741 e. The number of rotatable bonds is 4. The monoisotopic (exact) mass is 227 g/mol. The lowest BCUT2D eigenvalue weighted by molar-refractivity contribution is 0.0369. The predicted molar refractivity (Wildman–Crippen MR) is 69.5 cm³/mol. The standard InChI is InChI=1S/C14H29NO/c1-11(15-12(2)14(3,4)16)13-9-7-5-6-8-10-13/h11-13,15-16H,5-10H2,1-4H3/t11-,12?/m1/s1. The second kappa shape index (κ2) is 6.02. The molecule has 0 aliphatic heterocycles. The second-order valence-electron chi connectivity index (χ2n) is 6.08. The average molecular weight is 227 g/mol. The van der Waals surface area contributed by atoms with Gasteiger partial charge in [0.15, 0.2) is 0 Å². The van der Waals surface area contributed by atoms with Gasteiger partial charge in [0.25, 0.3) is 0 Å². The predicted octanol–water partition coefficient (Wildman–Crippen LogP) is 3.09. The van der Waals surface area contributed by atoms with Crippen LogP contribution in [0.2, 0.25) is 0 Å². The molecule has 2 N–H and O–H groups in total. The molecule has 0 bridgehead atoms. The molecule has 1 aliphatic carbocycles. The molecule has 1 aliphatic rings. The SMILES string of the molecule is CC(N[C@H](C)C1CCCCCC1)C(C)(C)O. The molecule has 0 saturated heterocycles. The molecule has 2 atom stereocenters. The third-order valence-electron chi connectivity index (χ3n) is 4.18. The largest absolute Gasteiger partial charge is 0.389 e. The molecule has 1 rings (SSSR count). The van der Waals surface area contributed by atoms with Crippen molar-refractivity contribution in [3.05, 3.63) is 0 Å². The molecule has 2 heteroatoms. The maximum absolute atomic E-state index is 9.93. The van der Waals surface area contributed by atoms with E-state index in [-0.39, 0.29) is 6.04 Å². The van der Waals surface area contributed by atoms with Gasteiger partial charge < -0.3 is 10.4 Å². The lowest BCUT2D eigenvalue weighted by Crippen LogP contribution is -2.50. The summed E-state index contributed by atoms with van der Waals surface area (Å²) in [5, 5.41) is 13.5. The van der Waals surface area contributed by atoms with Gasteiger partial charge in [-0.25, -0.2) is 0 Å². The first kappa shape index (κ1) is 14.0. The smallest absolute Gasteiger partial charge is 0.0741 e. The molecule has 1 unspecified atom stereocenters. The first-order chi connectivity index (χ1) is 7.41. The fourth-order valence-corrected chi connectivity index (χ4v) is 2.55. The van der Waals surface area contributed by atoms with Crippen molar-refractivity contribution in [1.29, 1.82) is 0 Å². The van der Waals surface area contributed by atoms with E-state index in [1.807, 2.05) is 13.8 Å². The lowest BCUT2D eigenvalue weighted by atomic mass is 9.91. The van der Waals surface area contributed by atoms with Crippen molar-refractivity contribution in [3.8, 4) is 0 Å². The zero-order chi connectivity index (χ0) is 12.2. The first-order valence-corrected chi connectivity index (χ1v) is 6.89. The Morgan fingerprint density at radius 2 is 1.56 bits per heavy atom. The quantitative estimate of drug-likeness (QED) is 0.723. The molecule has 0 aromatic carbocycles. The molecular weight excluding hydrogens is 198 g/mol. The molecule has 0 amide bonds. The van der Waals surface area contributed by atoms with Gasteiger partial charge in [0.2, 0.25) is 0 Å². The Balaban J connectivity index is 2.41. The van der Waals surface area contributed by atoms with Gasteiger partial charge in [0.1, 0.15) is 0 Å². The summed E-state index contributed by atoms with van der Waals surface area (Å²) in [6, 6.07) is 0.685. The van der Waals surface area contributed by atoms with Crippen molar-refractivity contribution in [2.45, 2.75) is 83.9 Å². The summed E-state index contributed by atoms with van der Waals surface area (Å²) in [5.74, 6) is 0.798. The van der Waals surface area contributed by atoms with E-state index in [2.05, 4.69) is 19.2 Å². The third kappa shape index (κ3) is 4.42. The van der Waals surface area contributed by atoms with E-state index >= 15 is 0 Å². The van der Waals surface area contributed by atoms with Gasteiger partial charge in [-0.05, 0) is 46.5 Å². The highest BCUT2D eigenvalue weighted by Gasteiger charge is 2.26. The van der Waals surface area contributed by atoms with Crippen molar-refractivity contribution in [2.75, 3.05) is 0 Å². The Hall–Kier alpha value is -0.0800. The van der Waals surface area contributed by atoms with Crippen LogP contribution >= 0.6 is 0 Å². The molecule has 0 heterocycles. The summed E-state index contributed by atoms with van der Waals surface area (Å²) in [6.07, 6.45) is 8.29. The van der Waals surface area contributed by atoms with Gasteiger partial charge in [0.05, 0.1) is 5.60 Å². The summed E-state index contributed by atoms with van der Waals surface area (Å²) >= 11 is 0. The fourth-order valence-electron chi connectivity index (χ4n) is 2.55. The first-order valence-electron chi connectivity index (χ1n) is 6.89. The molecule has 0 spiro atoms. The van der Waals surface area contributed by atoms with Crippen LogP contribution in [0.4, 0.5) is 0 Å². The molecule has 1 saturated carbocycles. The van der Waals surface area contributed by atoms with Crippen LogP contribution in [0.1, 0.15) is 66.2 Å². The fraction of sp³-hybridized carbons (Fsp3) is 1.00. The van der Waals surface area contributed by atoms with Crippen molar-refractivity contribution in [2.24, 2.45) is 5.92 Å². The Bertz CT molecular complexity index is 189. The molecule has 1 fully saturated rings. The molecular formula is C14H29NO. The van der Waals surface area contributed by atoms with Crippen LogP contribution in [0.5, 0.6) is 0 Å². The van der Waals surface area contributed by atoms with Crippen LogP contribution in [0.3, 0.4) is 0 Å². The number of nitrogens with one attached hydrogen (secondary N) is 1. The van der Waals surface area contributed by atoms with Crippen molar-refractivity contribution >= 4 is 0 Å². The number of aliphatic hydroxyl groups is 1.